The third-order valence-electron chi connectivity index (χ3n) is 5.36. The molecule has 1 N–H and O–H groups in total. The van der Waals surface area contributed by atoms with Crippen molar-refractivity contribution in [3.8, 4) is 5.75 Å². The van der Waals surface area contributed by atoms with Gasteiger partial charge in [0.15, 0.2) is 0 Å². The second-order valence-corrected chi connectivity index (χ2v) is 8.47. The Morgan fingerprint density at radius 1 is 1.15 bits per heavy atom. The Hall–Kier alpha value is -3.85. The maximum Gasteiger partial charge on any atom is 0.273 e. The summed E-state index contributed by atoms with van der Waals surface area (Å²) in [5.41, 5.74) is 2.46. The molecule has 168 valence electrons. The van der Waals surface area contributed by atoms with E-state index in [4.69, 9.17) is 4.74 Å². The zero-order chi connectivity index (χ0) is 23.5. The number of aryl methyl sites for hydroxylation is 1. The maximum atomic E-state index is 12.9. The van der Waals surface area contributed by atoms with Gasteiger partial charge in [-0.2, -0.15) is 0 Å². The highest BCUT2D eigenvalue weighted by atomic mass is 32.2. The van der Waals surface area contributed by atoms with E-state index in [1.54, 1.807) is 49.3 Å². The van der Waals surface area contributed by atoms with Crippen molar-refractivity contribution in [3.63, 3.8) is 0 Å². The lowest BCUT2D eigenvalue weighted by Gasteiger charge is -2.27. The first kappa shape index (κ1) is 22.3. The highest BCUT2D eigenvalue weighted by molar-refractivity contribution is 8.00. The normalized spacial score (nSPS) is 15.4. The fraction of sp³-hybridized carbons (Fsp3) is 0.167. The molecule has 0 spiro atoms. The van der Waals surface area contributed by atoms with Gasteiger partial charge in [-0.1, -0.05) is 36.4 Å². The number of nitro groups is 1. The number of hydrogen-bond acceptors (Lipinski definition) is 6. The lowest BCUT2D eigenvalue weighted by molar-refractivity contribution is -0.385. The van der Waals surface area contributed by atoms with Crippen molar-refractivity contribution >= 4 is 40.6 Å². The molecular weight excluding hydrogens is 442 g/mol. The number of nitrogens with one attached hydrogen (secondary N) is 1. The van der Waals surface area contributed by atoms with Gasteiger partial charge in [0.05, 0.1) is 23.5 Å². The van der Waals surface area contributed by atoms with Crippen molar-refractivity contribution < 1.29 is 19.2 Å². The molecule has 33 heavy (non-hydrogen) atoms. The Morgan fingerprint density at radius 3 is 2.64 bits per heavy atom. The van der Waals surface area contributed by atoms with E-state index in [2.05, 4.69) is 5.32 Å². The molecule has 1 atom stereocenters. The number of carbonyl (C=O) groups is 2. The number of rotatable bonds is 6. The molecule has 0 saturated carbocycles. The number of para-hydroxylation sites is 3. The number of methoxy groups -OCH3 is 1. The topological polar surface area (TPSA) is 102 Å². The average Bonchev–Trinajstić information content (AvgIpc) is 3.20. The van der Waals surface area contributed by atoms with Gasteiger partial charge in [0.25, 0.3) is 11.6 Å². The monoisotopic (exact) mass is 463 g/mol. The smallest absolute Gasteiger partial charge is 0.273 e. The highest BCUT2D eigenvalue weighted by Crippen LogP contribution is 2.46. The van der Waals surface area contributed by atoms with Gasteiger partial charge in [-0.05, 0) is 31.2 Å². The van der Waals surface area contributed by atoms with E-state index in [0.29, 0.717) is 22.7 Å². The van der Waals surface area contributed by atoms with Gasteiger partial charge in [-0.15, -0.1) is 11.8 Å². The van der Waals surface area contributed by atoms with E-state index in [0.717, 1.165) is 5.56 Å². The fourth-order valence-corrected chi connectivity index (χ4v) is 4.92. The molecule has 1 fully saturated rings. The summed E-state index contributed by atoms with van der Waals surface area (Å²) < 4.78 is 5.46. The van der Waals surface area contributed by atoms with E-state index in [1.165, 1.54) is 17.8 Å². The van der Waals surface area contributed by atoms with E-state index >= 15 is 0 Å². The van der Waals surface area contributed by atoms with E-state index in [1.807, 2.05) is 30.3 Å². The van der Waals surface area contributed by atoms with Crippen molar-refractivity contribution in [2.75, 3.05) is 23.1 Å². The first-order valence-electron chi connectivity index (χ1n) is 10.1. The summed E-state index contributed by atoms with van der Waals surface area (Å²) in [7, 11) is 1.55. The minimum atomic E-state index is -0.508. The molecule has 8 nitrogen and oxygen atoms in total. The quantitative estimate of drug-likeness (QED) is 0.410. The Morgan fingerprint density at radius 2 is 1.88 bits per heavy atom. The van der Waals surface area contributed by atoms with Gasteiger partial charge in [-0.25, -0.2) is 0 Å². The molecule has 3 aromatic rings. The molecule has 4 rings (SSSR count). The van der Waals surface area contributed by atoms with Crippen LogP contribution in [-0.4, -0.2) is 29.6 Å². The van der Waals surface area contributed by atoms with Crippen LogP contribution in [0.5, 0.6) is 5.75 Å². The van der Waals surface area contributed by atoms with Gasteiger partial charge in [-0.3, -0.25) is 24.6 Å². The minimum absolute atomic E-state index is 0.0650. The molecule has 0 aliphatic carbocycles. The van der Waals surface area contributed by atoms with Crippen LogP contribution in [0.1, 0.15) is 26.9 Å². The van der Waals surface area contributed by atoms with Crippen molar-refractivity contribution in [2.45, 2.75) is 12.3 Å². The lowest BCUT2D eigenvalue weighted by Crippen LogP contribution is -2.29. The summed E-state index contributed by atoms with van der Waals surface area (Å²) in [6, 6.07) is 18.9. The first-order chi connectivity index (χ1) is 15.9. The number of ether oxygens (including phenoxy) is 1. The van der Waals surface area contributed by atoms with Gasteiger partial charge in [0.1, 0.15) is 11.1 Å². The molecule has 0 aromatic heterocycles. The molecule has 0 bridgehead atoms. The predicted molar refractivity (Wildman–Crippen MR) is 128 cm³/mol. The number of thioether (sulfide) groups is 1. The summed E-state index contributed by atoms with van der Waals surface area (Å²) in [5, 5.41) is 13.7. The van der Waals surface area contributed by atoms with Crippen molar-refractivity contribution in [1.29, 1.82) is 0 Å². The van der Waals surface area contributed by atoms with Gasteiger partial charge >= 0.3 is 0 Å². The van der Waals surface area contributed by atoms with E-state index in [9.17, 15) is 19.7 Å². The molecule has 1 saturated heterocycles. The maximum absolute atomic E-state index is 12.9. The minimum Gasteiger partial charge on any atom is -0.495 e. The van der Waals surface area contributed by atoms with Crippen molar-refractivity contribution in [3.05, 3.63) is 93.5 Å². The number of nitro benzene ring substituents is 1. The van der Waals surface area contributed by atoms with Gasteiger partial charge in [0.2, 0.25) is 5.91 Å². The SMILES string of the molecule is COc1ccccc1N1C(=O)CS[C@H]1c1ccccc1NC(=O)c1ccc(C)c([N+](=O)[O-])c1. The first-order valence-corrected chi connectivity index (χ1v) is 11.2. The Balaban J connectivity index is 1.68. The van der Waals surface area contributed by atoms with Crippen LogP contribution in [0.3, 0.4) is 0 Å². The standard InChI is InChI=1S/C24H21N3O5S/c1-15-11-12-16(13-20(15)27(30)31)23(29)25-18-8-4-3-7-17(18)24-26(22(28)14-33-24)19-9-5-6-10-21(19)32-2/h3-13,24H,14H2,1-2H3,(H,25,29)/t24-/m0/s1. The van der Waals surface area contributed by atoms with Crippen LogP contribution in [0.15, 0.2) is 66.7 Å². The molecule has 0 radical (unpaired) electrons. The predicted octanol–water partition coefficient (Wildman–Crippen LogP) is 4.94. The zero-order valence-electron chi connectivity index (χ0n) is 18.0. The van der Waals surface area contributed by atoms with Crippen LogP contribution in [-0.2, 0) is 4.79 Å². The summed E-state index contributed by atoms with van der Waals surface area (Å²) in [6.45, 7) is 1.62. The summed E-state index contributed by atoms with van der Waals surface area (Å²) in [5.74, 6) is 0.329. The van der Waals surface area contributed by atoms with Crippen LogP contribution < -0.4 is 15.0 Å². The van der Waals surface area contributed by atoms with Gasteiger partial charge in [0, 0.05) is 28.4 Å². The summed E-state index contributed by atoms with van der Waals surface area (Å²) in [6.07, 6.45) is 0. The summed E-state index contributed by atoms with van der Waals surface area (Å²) >= 11 is 1.45. The molecule has 1 aliphatic heterocycles. The van der Waals surface area contributed by atoms with Crippen LogP contribution in [0.2, 0.25) is 0 Å². The number of hydrogen-bond donors (Lipinski definition) is 1. The van der Waals surface area contributed by atoms with E-state index < -0.39 is 10.8 Å². The highest BCUT2D eigenvalue weighted by Gasteiger charge is 2.36. The Bertz CT molecular complexity index is 1250. The molecule has 2 amide bonds. The largest absolute Gasteiger partial charge is 0.495 e. The number of carbonyl (C=O) groups excluding carboxylic acids is 2. The van der Waals surface area contributed by atoms with Gasteiger partial charge < -0.3 is 10.1 Å². The molecule has 1 heterocycles. The van der Waals surface area contributed by atoms with Crippen molar-refractivity contribution in [1.82, 2.24) is 0 Å². The number of nitrogens with zero attached hydrogens (tertiary/aromatic N) is 2. The summed E-state index contributed by atoms with van der Waals surface area (Å²) in [4.78, 5) is 38.2. The number of anilines is 2. The second-order valence-electron chi connectivity index (χ2n) is 7.40. The van der Waals surface area contributed by atoms with Crippen LogP contribution >= 0.6 is 11.8 Å². The third kappa shape index (κ3) is 4.40. The molecule has 0 unspecified atom stereocenters. The van der Waals surface area contributed by atoms with Crippen molar-refractivity contribution in [2.24, 2.45) is 0 Å². The second kappa shape index (κ2) is 9.33. The van der Waals surface area contributed by atoms with E-state index in [-0.39, 0.29) is 28.3 Å². The molecule has 3 aromatic carbocycles. The number of amides is 2. The number of benzene rings is 3. The average molecular weight is 464 g/mol. The van der Waals surface area contributed by atoms with Crippen LogP contribution in [0.4, 0.5) is 17.1 Å². The lowest BCUT2D eigenvalue weighted by atomic mass is 10.1. The van der Waals surface area contributed by atoms with Crippen LogP contribution in [0.25, 0.3) is 0 Å². The fourth-order valence-electron chi connectivity index (χ4n) is 3.71. The molecule has 9 heteroatoms. The zero-order valence-corrected chi connectivity index (χ0v) is 18.8. The third-order valence-corrected chi connectivity index (χ3v) is 6.55. The molecular formula is C24H21N3O5S. The molecule has 1 aliphatic rings. The Kier molecular flexibility index (Phi) is 6.32. The van der Waals surface area contributed by atoms with Crippen LogP contribution in [0, 0.1) is 17.0 Å². The Labute approximate surface area is 194 Å².